The second kappa shape index (κ2) is 6.43. The lowest BCUT2D eigenvalue weighted by molar-refractivity contribution is 0.0978. The van der Waals surface area contributed by atoms with Crippen LogP contribution in [0.4, 0.5) is 0 Å². The van der Waals surface area contributed by atoms with Crippen LogP contribution in [-0.2, 0) is 21.3 Å². The van der Waals surface area contributed by atoms with Crippen molar-refractivity contribution >= 4 is 10.0 Å². The van der Waals surface area contributed by atoms with Crippen LogP contribution in [0.2, 0.25) is 0 Å². The molecule has 0 radical (unpaired) electrons. The van der Waals surface area contributed by atoms with Crippen LogP contribution in [-0.4, -0.2) is 55.4 Å². The van der Waals surface area contributed by atoms with Crippen LogP contribution < -0.4 is 5.73 Å². The Morgan fingerprint density at radius 2 is 2.19 bits per heavy atom. The number of nitrogens with zero attached hydrogens (tertiary/aromatic N) is 3. The van der Waals surface area contributed by atoms with E-state index in [0.29, 0.717) is 37.6 Å². The Morgan fingerprint density at radius 1 is 1.48 bits per heavy atom. The van der Waals surface area contributed by atoms with Gasteiger partial charge in [-0.05, 0) is 26.7 Å². The molecule has 1 aromatic rings. The molecule has 2 rings (SSSR count). The van der Waals surface area contributed by atoms with Gasteiger partial charge in [-0.15, -0.1) is 0 Å². The molecule has 0 aromatic carbocycles. The average Bonchev–Trinajstić information content (AvgIpc) is 2.99. The van der Waals surface area contributed by atoms with Crippen LogP contribution in [0.25, 0.3) is 0 Å². The van der Waals surface area contributed by atoms with Crippen LogP contribution in [0.3, 0.4) is 0 Å². The molecule has 1 atom stereocenters. The Kier molecular flexibility index (Phi) is 5.03. The maximum atomic E-state index is 12.8. The van der Waals surface area contributed by atoms with Gasteiger partial charge in [0.2, 0.25) is 10.0 Å². The Morgan fingerprint density at radius 3 is 2.76 bits per heavy atom. The van der Waals surface area contributed by atoms with E-state index in [-0.39, 0.29) is 11.0 Å². The number of sulfonamides is 1. The normalized spacial score (nSPS) is 19.6. The standard InChI is InChI=1S/C13H24N4O3S/c1-10-13(11(2)17(15-10)7-6-14)21(18,19)16(3)9-12-5-4-8-20-12/h12H,4-9,14H2,1-3H3. The molecule has 21 heavy (non-hydrogen) atoms. The maximum absolute atomic E-state index is 12.8. The molecule has 1 aliphatic heterocycles. The second-order valence-electron chi connectivity index (χ2n) is 5.43. The summed E-state index contributed by atoms with van der Waals surface area (Å²) >= 11 is 0. The van der Waals surface area contributed by atoms with Crippen LogP contribution in [0.1, 0.15) is 24.2 Å². The van der Waals surface area contributed by atoms with Crippen molar-refractivity contribution in [1.82, 2.24) is 14.1 Å². The molecule has 1 unspecified atom stereocenters. The number of rotatable bonds is 6. The van der Waals surface area contributed by atoms with Crippen molar-refractivity contribution < 1.29 is 13.2 Å². The van der Waals surface area contributed by atoms with E-state index in [4.69, 9.17) is 10.5 Å². The summed E-state index contributed by atoms with van der Waals surface area (Å²) in [5.74, 6) is 0. The first-order valence-corrected chi connectivity index (χ1v) is 8.64. The predicted octanol–water partition coefficient (Wildman–Crippen LogP) is 0.258. The first-order chi connectivity index (χ1) is 9.87. The van der Waals surface area contributed by atoms with Crippen LogP contribution in [0.15, 0.2) is 4.90 Å². The summed E-state index contributed by atoms with van der Waals surface area (Å²) in [5, 5.41) is 4.28. The van der Waals surface area contributed by atoms with Gasteiger partial charge in [-0.25, -0.2) is 8.42 Å². The van der Waals surface area contributed by atoms with Gasteiger partial charge in [-0.2, -0.15) is 9.40 Å². The van der Waals surface area contributed by atoms with Gasteiger partial charge in [0.25, 0.3) is 0 Å². The SMILES string of the molecule is Cc1nn(CCN)c(C)c1S(=O)(=O)N(C)CC1CCCO1. The molecule has 0 bridgehead atoms. The number of aryl methyl sites for hydroxylation is 1. The third kappa shape index (κ3) is 3.28. The molecule has 0 spiro atoms. The fourth-order valence-corrected chi connectivity index (χ4v) is 4.29. The van der Waals surface area contributed by atoms with Crippen molar-refractivity contribution in [1.29, 1.82) is 0 Å². The minimum atomic E-state index is -3.56. The molecule has 1 saturated heterocycles. The zero-order chi connectivity index (χ0) is 15.6. The molecular weight excluding hydrogens is 292 g/mol. The van der Waals surface area contributed by atoms with Crippen molar-refractivity contribution in [2.75, 3.05) is 26.7 Å². The number of likely N-dealkylation sites (N-methyl/N-ethyl adjacent to an activating group) is 1. The Bertz CT molecular complexity index is 591. The summed E-state index contributed by atoms with van der Waals surface area (Å²) in [7, 11) is -1.96. The smallest absolute Gasteiger partial charge is 0.246 e. The van der Waals surface area contributed by atoms with E-state index in [9.17, 15) is 8.42 Å². The van der Waals surface area contributed by atoms with Gasteiger partial charge in [0.15, 0.2) is 0 Å². The molecule has 2 N–H and O–H groups in total. The number of hydrogen-bond donors (Lipinski definition) is 1. The van der Waals surface area contributed by atoms with Gasteiger partial charge < -0.3 is 10.5 Å². The largest absolute Gasteiger partial charge is 0.377 e. The quantitative estimate of drug-likeness (QED) is 0.813. The predicted molar refractivity (Wildman–Crippen MR) is 79.5 cm³/mol. The van der Waals surface area contributed by atoms with E-state index in [2.05, 4.69) is 5.10 Å². The molecule has 1 aliphatic rings. The summed E-state index contributed by atoms with van der Waals surface area (Å²) in [5.41, 5.74) is 6.68. The summed E-state index contributed by atoms with van der Waals surface area (Å²) in [4.78, 5) is 0.288. The monoisotopic (exact) mass is 316 g/mol. The summed E-state index contributed by atoms with van der Waals surface area (Å²) in [6, 6.07) is 0. The van der Waals surface area contributed by atoms with E-state index < -0.39 is 10.0 Å². The van der Waals surface area contributed by atoms with E-state index in [0.717, 1.165) is 12.8 Å². The third-order valence-corrected chi connectivity index (χ3v) is 5.89. The van der Waals surface area contributed by atoms with Gasteiger partial charge in [-0.1, -0.05) is 0 Å². The van der Waals surface area contributed by atoms with Gasteiger partial charge in [-0.3, -0.25) is 4.68 Å². The number of ether oxygens (including phenoxy) is 1. The lowest BCUT2D eigenvalue weighted by atomic mass is 10.2. The van der Waals surface area contributed by atoms with Gasteiger partial charge in [0.05, 0.1) is 24.0 Å². The van der Waals surface area contributed by atoms with Crippen molar-refractivity contribution in [2.24, 2.45) is 5.73 Å². The van der Waals surface area contributed by atoms with Gasteiger partial charge in [0, 0.05) is 26.7 Å². The topological polar surface area (TPSA) is 90.5 Å². The van der Waals surface area contributed by atoms with E-state index >= 15 is 0 Å². The Hall–Kier alpha value is -0.960. The molecule has 0 amide bonds. The number of hydrogen-bond acceptors (Lipinski definition) is 5. The fourth-order valence-electron chi connectivity index (χ4n) is 2.72. The highest BCUT2D eigenvalue weighted by molar-refractivity contribution is 7.89. The molecule has 7 nitrogen and oxygen atoms in total. The highest BCUT2D eigenvalue weighted by Gasteiger charge is 2.31. The summed E-state index contributed by atoms with van der Waals surface area (Å²) in [6.07, 6.45) is 1.89. The van der Waals surface area contributed by atoms with Gasteiger partial charge in [0.1, 0.15) is 4.90 Å². The summed E-state index contributed by atoms with van der Waals surface area (Å²) in [6.45, 7) is 5.51. The zero-order valence-electron chi connectivity index (χ0n) is 12.9. The van der Waals surface area contributed by atoms with Crippen LogP contribution >= 0.6 is 0 Å². The van der Waals surface area contributed by atoms with Crippen molar-refractivity contribution in [2.45, 2.75) is 44.2 Å². The molecule has 120 valence electrons. The fraction of sp³-hybridized carbons (Fsp3) is 0.769. The molecule has 2 heterocycles. The highest BCUT2D eigenvalue weighted by Crippen LogP contribution is 2.24. The zero-order valence-corrected chi connectivity index (χ0v) is 13.7. The van der Waals surface area contributed by atoms with Crippen molar-refractivity contribution in [3.05, 3.63) is 11.4 Å². The molecule has 1 aromatic heterocycles. The average molecular weight is 316 g/mol. The lowest BCUT2D eigenvalue weighted by Gasteiger charge is -2.20. The minimum absolute atomic E-state index is 0.00975. The third-order valence-electron chi connectivity index (χ3n) is 3.81. The van der Waals surface area contributed by atoms with Crippen molar-refractivity contribution in [3.8, 4) is 0 Å². The van der Waals surface area contributed by atoms with E-state index in [1.54, 1.807) is 25.6 Å². The molecule has 0 aliphatic carbocycles. The number of aromatic nitrogens is 2. The lowest BCUT2D eigenvalue weighted by Crippen LogP contribution is -2.34. The Balaban J connectivity index is 2.25. The van der Waals surface area contributed by atoms with Gasteiger partial charge >= 0.3 is 0 Å². The van der Waals surface area contributed by atoms with E-state index in [1.807, 2.05) is 0 Å². The first kappa shape index (κ1) is 16.4. The molecule has 1 fully saturated rings. The highest BCUT2D eigenvalue weighted by atomic mass is 32.2. The molecular formula is C13H24N4O3S. The summed E-state index contributed by atoms with van der Waals surface area (Å²) < 4.78 is 34.1. The number of nitrogens with two attached hydrogens (primary N) is 1. The van der Waals surface area contributed by atoms with E-state index in [1.165, 1.54) is 4.31 Å². The second-order valence-corrected chi connectivity index (χ2v) is 7.41. The Labute approximate surface area is 126 Å². The molecule has 8 heteroatoms. The van der Waals surface area contributed by atoms with Crippen LogP contribution in [0, 0.1) is 13.8 Å². The minimum Gasteiger partial charge on any atom is -0.377 e. The van der Waals surface area contributed by atoms with Crippen LogP contribution in [0.5, 0.6) is 0 Å². The maximum Gasteiger partial charge on any atom is 0.246 e. The molecule has 0 saturated carbocycles. The first-order valence-electron chi connectivity index (χ1n) is 7.20. The van der Waals surface area contributed by atoms with Crippen molar-refractivity contribution in [3.63, 3.8) is 0 Å².